The van der Waals surface area contributed by atoms with Gasteiger partial charge in [-0.25, -0.2) is 0 Å². The van der Waals surface area contributed by atoms with Gasteiger partial charge in [0, 0.05) is 23.7 Å². The van der Waals surface area contributed by atoms with E-state index in [0.29, 0.717) is 17.0 Å². The van der Waals surface area contributed by atoms with Crippen LogP contribution in [0.4, 0.5) is 0 Å². The normalized spacial score (nSPS) is 20.1. The number of methoxy groups -OCH3 is 1. The van der Waals surface area contributed by atoms with Crippen molar-refractivity contribution in [2.24, 2.45) is 5.73 Å². The molecule has 3 nitrogen and oxygen atoms in total. The Morgan fingerprint density at radius 1 is 1.30 bits per heavy atom. The molecule has 1 heterocycles. The monoisotopic (exact) mass is 310 g/mol. The number of aromatic nitrogens is 1. The molecular weight excluding hydrogens is 295 g/mol. The van der Waals surface area contributed by atoms with Gasteiger partial charge in [0.2, 0.25) is 0 Å². The molecule has 1 aromatic carbocycles. The highest BCUT2D eigenvalue weighted by atomic mass is 35.5. The van der Waals surface area contributed by atoms with Crippen LogP contribution in [0.2, 0.25) is 5.02 Å². The van der Waals surface area contributed by atoms with E-state index in [1.54, 1.807) is 7.11 Å². The standard InChI is InChI=1S/C15H15ClN2O.ClH/c1-19-10-3-4-13(16)12(6-10)15-5-2-9(8-18-15)11-7-14(11)17;/h2-6,8,11,14H,7,17H2,1H3;1H/t11-,14+;/m0./s1. The zero-order valence-corrected chi connectivity index (χ0v) is 12.6. The summed E-state index contributed by atoms with van der Waals surface area (Å²) in [6.07, 6.45) is 2.95. The third-order valence-corrected chi connectivity index (χ3v) is 3.83. The summed E-state index contributed by atoms with van der Waals surface area (Å²) in [6, 6.07) is 9.92. The zero-order valence-electron chi connectivity index (χ0n) is 11.0. The lowest BCUT2D eigenvalue weighted by molar-refractivity contribution is 0.415. The van der Waals surface area contributed by atoms with Crippen LogP contribution in [0.25, 0.3) is 11.3 Å². The van der Waals surface area contributed by atoms with Gasteiger partial charge in [-0.2, -0.15) is 0 Å². The lowest BCUT2D eigenvalue weighted by atomic mass is 10.1. The van der Waals surface area contributed by atoms with Gasteiger partial charge in [0.15, 0.2) is 0 Å². The summed E-state index contributed by atoms with van der Waals surface area (Å²) >= 11 is 6.21. The van der Waals surface area contributed by atoms with Crippen molar-refractivity contribution in [3.05, 3.63) is 47.1 Å². The van der Waals surface area contributed by atoms with Crippen LogP contribution < -0.4 is 10.5 Å². The van der Waals surface area contributed by atoms with Crippen molar-refractivity contribution in [2.45, 2.75) is 18.4 Å². The van der Waals surface area contributed by atoms with Crippen molar-refractivity contribution in [3.63, 3.8) is 0 Å². The third kappa shape index (κ3) is 2.90. The summed E-state index contributed by atoms with van der Waals surface area (Å²) in [5.74, 6) is 1.25. The summed E-state index contributed by atoms with van der Waals surface area (Å²) in [7, 11) is 1.64. The molecule has 0 radical (unpaired) electrons. The molecule has 0 saturated heterocycles. The van der Waals surface area contributed by atoms with Crippen LogP contribution in [0.15, 0.2) is 36.5 Å². The van der Waals surface area contributed by atoms with Gasteiger partial charge in [-0.3, -0.25) is 4.98 Å². The average Bonchev–Trinajstić information content (AvgIpc) is 3.17. The molecule has 106 valence electrons. The Labute approximate surface area is 129 Å². The van der Waals surface area contributed by atoms with Gasteiger partial charge in [0.1, 0.15) is 5.75 Å². The van der Waals surface area contributed by atoms with Crippen molar-refractivity contribution >= 4 is 24.0 Å². The van der Waals surface area contributed by atoms with Crippen LogP contribution in [0.3, 0.4) is 0 Å². The molecule has 0 aliphatic heterocycles. The smallest absolute Gasteiger partial charge is 0.119 e. The highest BCUT2D eigenvalue weighted by molar-refractivity contribution is 6.33. The first kappa shape index (κ1) is 15.1. The summed E-state index contributed by atoms with van der Waals surface area (Å²) in [6.45, 7) is 0. The van der Waals surface area contributed by atoms with Crippen molar-refractivity contribution in [1.82, 2.24) is 4.98 Å². The second-order valence-electron chi connectivity index (χ2n) is 4.83. The van der Waals surface area contributed by atoms with Crippen molar-refractivity contribution in [1.29, 1.82) is 0 Å². The maximum atomic E-state index is 6.21. The number of halogens is 2. The molecule has 2 N–H and O–H groups in total. The molecule has 1 aliphatic rings. The van der Waals surface area contributed by atoms with E-state index in [0.717, 1.165) is 23.4 Å². The molecule has 0 spiro atoms. The minimum atomic E-state index is 0. The predicted molar refractivity (Wildman–Crippen MR) is 83.8 cm³/mol. The fourth-order valence-electron chi connectivity index (χ4n) is 2.21. The Bertz CT molecular complexity index is 601. The summed E-state index contributed by atoms with van der Waals surface area (Å²) in [5.41, 5.74) is 8.78. The first-order valence-electron chi connectivity index (χ1n) is 6.24. The van der Waals surface area contributed by atoms with E-state index in [2.05, 4.69) is 11.1 Å². The maximum Gasteiger partial charge on any atom is 0.119 e. The van der Waals surface area contributed by atoms with Crippen molar-refractivity contribution in [3.8, 4) is 17.0 Å². The number of nitrogens with two attached hydrogens (primary N) is 1. The van der Waals surface area contributed by atoms with Gasteiger partial charge < -0.3 is 10.5 Å². The maximum absolute atomic E-state index is 6.21. The Kier molecular flexibility index (Phi) is 4.53. The Morgan fingerprint density at radius 3 is 2.60 bits per heavy atom. The fourth-order valence-corrected chi connectivity index (χ4v) is 2.42. The highest BCUT2D eigenvalue weighted by Crippen LogP contribution is 2.39. The topological polar surface area (TPSA) is 48.1 Å². The molecule has 1 aromatic heterocycles. The number of hydrogen-bond donors (Lipinski definition) is 1. The molecule has 3 rings (SSSR count). The molecule has 5 heteroatoms. The minimum absolute atomic E-state index is 0. The van der Waals surface area contributed by atoms with E-state index in [-0.39, 0.29) is 12.4 Å². The molecule has 20 heavy (non-hydrogen) atoms. The van der Waals surface area contributed by atoms with E-state index in [1.807, 2.05) is 30.5 Å². The van der Waals surface area contributed by atoms with Crippen LogP contribution in [-0.4, -0.2) is 18.1 Å². The lowest BCUT2D eigenvalue weighted by Crippen LogP contribution is -2.01. The van der Waals surface area contributed by atoms with Gasteiger partial charge in [-0.15, -0.1) is 12.4 Å². The molecule has 1 saturated carbocycles. The highest BCUT2D eigenvalue weighted by Gasteiger charge is 2.34. The van der Waals surface area contributed by atoms with Crippen LogP contribution in [0.5, 0.6) is 5.75 Å². The first-order chi connectivity index (χ1) is 9.19. The SMILES string of the molecule is COc1ccc(Cl)c(-c2ccc([C@@H]3C[C@H]3N)cn2)c1.Cl. The summed E-state index contributed by atoms with van der Waals surface area (Å²) in [5, 5.41) is 0.671. The van der Waals surface area contributed by atoms with Gasteiger partial charge in [-0.05, 0) is 36.2 Å². The van der Waals surface area contributed by atoms with E-state index in [9.17, 15) is 0 Å². The Balaban J connectivity index is 0.00000147. The Hall–Kier alpha value is -1.29. The first-order valence-corrected chi connectivity index (χ1v) is 6.62. The van der Waals surface area contributed by atoms with E-state index < -0.39 is 0 Å². The second-order valence-corrected chi connectivity index (χ2v) is 5.24. The van der Waals surface area contributed by atoms with Crippen LogP contribution in [-0.2, 0) is 0 Å². The van der Waals surface area contributed by atoms with E-state index in [1.165, 1.54) is 5.56 Å². The molecule has 2 aromatic rings. The molecule has 0 amide bonds. The van der Waals surface area contributed by atoms with Crippen LogP contribution in [0.1, 0.15) is 17.9 Å². The largest absolute Gasteiger partial charge is 0.497 e. The van der Waals surface area contributed by atoms with E-state index in [4.69, 9.17) is 22.1 Å². The molecule has 2 atom stereocenters. The molecular formula is C15H16Cl2N2O. The zero-order chi connectivity index (χ0) is 13.4. The number of pyridine rings is 1. The predicted octanol–water partition coefficient (Wildman–Crippen LogP) is 3.65. The molecule has 0 unspecified atom stereocenters. The van der Waals surface area contributed by atoms with Gasteiger partial charge in [0.05, 0.1) is 17.8 Å². The number of nitrogens with zero attached hydrogens (tertiary/aromatic N) is 1. The quantitative estimate of drug-likeness (QED) is 0.941. The number of ether oxygens (including phenoxy) is 1. The van der Waals surface area contributed by atoms with Crippen LogP contribution >= 0.6 is 24.0 Å². The van der Waals surface area contributed by atoms with E-state index >= 15 is 0 Å². The average molecular weight is 311 g/mol. The number of hydrogen-bond acceptors (Lipinski definition) is 3. The van der Waals surface area contributed by atoms with Gasteiger partial charge in [0.25, 0.3) is 0 Å². The molecule has 1 aliphatic carbocycles. The molecule has 1 fully saturated rings. The summed E-state index contributed by atoms with van der Waals surface area (Å²) in [4.78, 5) is 4.49. The van der Waals surface area contributed by atoms with Crippen molar-refractivity contribution < 1.29 is 4.74 Å². The fraction of sp³-hybridized carbons (Fsp3) is 0.267. The number of rotatable bonds is 3. The van der Waals surface area contributed by atoms with Crippen molar-refractivity contribution in [2.75, 3.05) is 7.11 Å². The lowest BCUT2D eigenvalue weighted by Gasteiger charge is -2.07. The van der Waals surface area contributed by atoms with Gasteiger partial charge >= 0.3 is 0 Å². The summed E-state index contributed by atoms with van der Waals surface area (Å²) < 4.78 is 5.21. The third-order valence-electron chi connectivity index (χ3n) is 3.50. The van der Waals surface area contributed by atoms with Crippen LogP contribution in [0, 0.1) is 0 Å². The minimum Gasteiger partial charge on any atom is -0.497 e. The second kappa shape index (κ2) is 6.00. The molecule has 0 bridgehead atoms. The number of benzene rings is 1. The van der Waals surface area contributed by atoms with Gasteiger partial charge in [-0.1, -0.05) is 17.7 Å². The Morgan fingerprint density at radius 2 is 2.05 bits per heavy atom.